The highest BCUT2D eigenvalue weighted by Gasteiger charge is 2.41. The molecule has 1 aliphatic carbocycles. The van der Waals surface area contributed by atoms with Gasteiger partial charge in [0.05, 0.1) is 23.4 Å². The Hall–Kier alpha value is -1.30. The molecular formula is C15H20ClN3O2. The van der Waals surface area contributed by atoms with Crippen LogP contribution in [0.5, 0.6) is 0 Å². The third-order valence-corrected chi connectivity index (χ3v) is 4.84. The van der Waals surface area contributed by atoms with Gasteiger partial charge in [-0.15, -0.1) is 0 Å². The van der Waals surface area contributed by atoms with E-state index in [1.54, 1.807) is 18.2 Å². The van der Waals surface area contributed by atoms with Gasteiger partial charge in [0, 0.05) is 24.7 Å². The van der Waals surface area contributed by atoms with Crippen LogP contribution in [0, 0.1) is 11.8 Å². The number of nitrogen functional groups attached to an aromatic ring is 1. The highest BCUT2D eigenvalue weighted by Crippen LogP contribution is 2.37. The Morgan fingerprint density at radius 3 is 2.95 bits per heavy atom. The molecule has 21 heavy (non-hydrogen) atoms. The number of nitrogens with two attached hydrogens (primary N) is 1. The van der Waals surface area contributed by atoms with Crippen LogP contribution in [0.4, 0.5) is 11.4 Å². The number of nitrogens with zero attached hydrogens (tertiary/aromatic N) is 1. The zero-order valence-corrected chi connectivity index (χ0v) is 12.5. The molecule has 1 aliphatic heterocycles. The van der Waals surface area contributed by atoms with Crippen molar-refractivity contribution in [3.8, 4) is 0 Å². The molecule has 4 N–H and O–H groups in total. The predicted molar refractivity (Wildman–Crippen MR) is 83.2 cm³/mol. The Bertz CT molecular complexity index is 552. The third-order valence-electron chi connectivity index (χ3n) is 4.53. The number of aliphatic hydroxyl groups excluding tert-OH is 1. The zero-order chi connectivity index (χ0) is 15.0. The van der Waals surface area contributed by atoms with Gasteiger partial charge in [0.15, 0.2) is 0 Å². The number of carbonyl (C=O) groups is 1. The van der Waals surface area contributed by atoms with Gasteiger partial charge in [0.1, 0.15) is 0 Å². The molecule has 1 aromatic carbocycles. The first-order valence-electron chi connectivity index (χ1n) is 7.28. The fraction of sp³-hybridized carbons (Fsp3) is 0.533. The molecule has 2 fully saturated rings. The summed E-state index contributed by atoms with van der Waals surface area (Å²) in [5.41, 5.74) is 6.77. The van der Waals surface area contributed by atoms with Crippen LogP contribution < -0.4 is 11.1 Å². The molecule has 3 rings (SSSR count). The quantitative estimate of drug-likeness (QED) is 0.741. The fourth-order valence-electron chi connectivity index (χ4n) is 3.48. The summed E-state index contributed by atoms with van der Waals surface area (Å²) >= 11 is 6.05. The Morgan fingerprint density at radius 2 is 2.24 bits per heavy atom. The molecule has 1 aromatic rings. The molecule has 0 aromatic heterocycles. The van der Waals surface area contributed by atoms with Crippen LogP contribution in [0.1, 0.15) is 12.8 Å². The Morgan fingerprint density at radius 1 is 1.43 bits per heavy atom. The first kappa shape index (κ1) is 14.6. The molecule has 1 saturated heterocycles. The molecule has 114 valence electrons. The molecule has 0 bridgehead atoms. The average Bonchev–Trinajstić information content (AvgIpc) is 2.95. The lowest BCUT2D eigenvalue weighted by Gasteiger charge is -2.17. The standard InChI is InChI=1S/C15H20ClN3O2/c16-12-5-10(17)2-3-13(12)18-15(21)8-19-6-9-1-4-14(20)11(9)7-19/h2-3,5,9,11,14,20H,1,4,6-8,17H2,(H,18,21). The molecule has 5 nitrogen and oxygen atoms in total. The Kier molecular flexibility index (Phi) is 4.06. The Balaban J connectivity index is 1.55. The highest BCUT2D eigenvalue weighted by atomic mass is 35.5. The van der Waals surface area contributed by atoms with Crippen LogP contribution in [0.2, 0.25) is 5.02 Å². The van der Waals surface area contributed by atoms with E-state index in [4.69, 9.17) is 17.3 Å². The number of fused-ring (bicyclic) bond motifs is 1. The molecule has 3 atom stereocenters. The first-order valence-corrected chi connectivity index (χ1v) is 7.66. The van der Waals surface area contributed by atoms with Crippen LogP contribution in [-0.2, 0) is 4.79 Å². The van der Waals surface area contributed by atoms with Crippen molar-refractivity contribution in [3.05, 3.63) is 23.2 Å². The summed E-state index contributed by atoms with van der Waals surface area (Å²) < 4.78 is 0. The summed E-state index contributed by atoms with van der Waals surface area (Å²) in [7, 11) is 0. The first-order chi connectivity index (χ1) is 10.0. The minimum Gasteiger partial charge on any atom is -0.399 e. The number of hydrogen-bond acceptors (Lipinski definition) is 4. The summed E-state index contributed by atoms with van der Waals surface area (Å²) in [5, 5.41) is 13.1. The SMILES string of the molecule is Nc1ccc(NC(=O)CN2CC3CCC(O)C3C2)c(Cl)c1. The Labute approximate surface area is 129 Å². The van der Waals surface area contributed by atoms with E-state index in [2.05, 4.69) is 10.2 Å². The van der Waals surface area contributed by atoms with Gasteiger partial charge in [-0.05, 0) is 37.0 Å². The summed E-state index contributed by atoms with van der Waals surface area (Å²) in [4.78, 5) is 14.2. The van der Waals surface area contributed by atoms with Crippen LogP contribution >= 0.6 is 11.6 Å². The van der Waals surface area contributed by atoms with Crippen molar-refractivity contribution >= 4 is 28.9 Å². The second-order valence-electron chi connectivity index (χ2n) is 6.05. The number of hydrogen-bond donors (Lipinski definition) is 3. The van der Waals surface area contributed by atoms with E-state index in [-0.39, 0.29) is 12.0 Å². The topological polar surface area (TPSA) is 78.6 Å². The predicted octanol–water partition coefficient (Wildman–Crippen LogP) is 1.56. The number of likely N-dealkylation sites (tertiary alicyclic amines) is 1. The van der Waals surface area contributed by atoms with Gasteiger partial charge in [0.25, 0.3) is 0 Å². The van der Waals surface area contributed by atoms with Gasteiger partial charge in [-0.25, -0.2) is 0 Å². The van der Waals surface area contributed by atoms with Gasteiger partial charge >= 0.3 is 0 Å². The smallest absolute Gasteiger partial charge is 0.238 e. The monoisotopic (exact) mass is 309 g/mol. The average molecular weight is 310 g/mol. The molecule has 6 heteroatoms. The van der Waals surface area contributed by atoms with Crippen molar-refractivity contribution in [1.29, 1.82) is 0 Å². The van der Waals surface area contributed by atoms with Crippen molar-refractivity contribution in [3.63, 3.8) is 0 Å². The number of anilines is 2. The van der Waals surface area contributed by atoms with E-state index >= 15 is 0 Å². The summed E-state index contributed by atoms with van der Waals surface area (Å²) in [6, 6.07) is 5.03. The number of amides is 1. The van der Waals surface area contributed by atoms with E-state index in [9.17, 15) is 9.90 Å². The minimum atomic E-state index is -0.199. The molecule has 1 saturated carbocycles. The number of halogens is 1. The molecule has 1 heterocycles. The lowest BCUT2D eigenvalue weighted by molar-refractivity contribution is -0.117. The molecular weight excluding hydrogens is 290 g/mol. The fourth-order valence-corrected chi connectivity index (χ4v) is 3.72. The van der Waals surface area contributed by atoms with Crippen LogP contribution in [0.25, 0.3) is 0 Å². The number of nitrogens with one attached hydrogen (secondary N) is 1. The van der Waals surface area contributed by atoms with Crippen LogP contribution in [0.3, 0.4) is 0 Å². The van der Waals surface area contributed by atoms with E-state index in [0.29, 0.717) is 34.8 Å². The van der Waals surface area contributed by atoms with Crippen molar-refractivity contribution in [2.24, 2.45) is 11.8 Å². The maximum absolute atomic E-state index is 12.1. The zero-order valence-electron chi connectivity index (χ0n) is 11.8. The van der Waals surface area contributed by atoms with E-state index in [1.807, 2.05) is 0 Å². The maximum atomic E-state index is 12.1. The number of carbonyl (C=O) groups excluding carboxylic acids is 1. The highest BCUT2D eigenvalue weighted by molar-refractivity contribution is 6.34. The van der Waals surface area contributed by atoms with E-state index < -0.39 is 0 Å². The summed E-state index contributed by atoms with van der Waals surface area (Å²) in [6.07, 6.45) is 1.76. The van der Waals surface area contributed by atoms with Crippen molar-refractivity contribution in [1.82, 2.24) is 4.90 Å². The number of aliphatic hydroxyl groups is 1. The molecule has 2 aliphatic rings. The molecule has 1 amide bonds. The van der Waals surface area contributed by atoms with Crippen molar-refractivity contribution in [2.75, 3.05) is 30.7 Å². The lowest BCUT2D eigenvalue weighted by atomic mass is 10.00. The number of benzene rings is 1. The second-order valence-corrected chi connectivity index (χ2v) is 6.46. The maximum Gasteiger partial charge on any atom is 0.238 e. The van der Waals surface area contributed by atoms with Gasteiger partial charge < -0.3 is 16.2 Å². The third kappa shape index (κ3) is 3.15. The normalized spacial score (nSPS) is 28.6. The summed E-state index contributed by atoms with van der Waals surface area (Å²) in [6.45, 7) is 2.03. The largest absolute Gasteiger partial charge is 0.399 e. The van der Waals surface area contributed by atoms with Gasteiger partial charge in [-0.3, -0.25) is 9.69 Å². The van der Waals surface area contributed by atoms with Gasteiger partial charge in [0.2, 0.25) is 5.91 Å². The molecule has 3 unspecified atom stereocenters. The van der Waals surface area contributed by atoms with E-state index in [0.717, 1.165) is 25.9 Å². The van der Waals surface area contributed by atoms with Crippen LogP contribution in [-0.4, -0.2) is 41.7 Å². The van der Waals surface area contributed by atoms with Crippen molar-refractivity contribution < 1.29 is 9.90 Å². The summed E-state index contributed by atoms with van der Waals surface area (Å²) in [5.74, 6) is 0.780. The van der Waals surface area contributed by atoms with E-state index in [1.165, 1.54) is 0 Å². The number of rotatable bonds is 3. The van der Waals surface area contributed by atoms with Crippen LogP contribution in [0.15, 0.2) is 18.2 Å². The lowest BCUT2D eigenvalue weighted by Crippen LogP contribution is -2.33. The minimum absolute atomic E-state index is 0.0869. The van der Waals surface area contributed by atoms with Crippen molar-refractivity contribution in [2.45, 2.75) is 18.9 Å². The molecule has 0 spiro atoms. The molecule has 0 radical (unpaired) electrons. The van der Waals surface area contributed by atoms with Gasteiger partial charge in [-0.2, -0.15) is 0 Å². The second kappa shape index (κ2) is 5.83. The van der Waals surface area contributed by atoms with Gasteiger partial charge in [-0.1, -0.05) is 11.6 Å².